The van der Waals surface area contributed by atoms with Crippen LogP contribution in [0.3, 0.4) is 0 Å². The summed E-state index contributed by atoms with van der Waals surface area (Å²) in [5, 5.41) is 0.502. The van der Waals surface area contributed by atoms with E-state index in [4.69, 9.17) is 11.6 Å². The van der Waals surface area contributed by atoms with Gasteiger partial charge in [0.1, 0.15) is 5.54 Å². The molecule has 1 spiro atoms. The topological polar surface area (TPSA) is 49.7 Å². The van der Waals surface area contributed by atoms with E-state index in [-0.39, 0.29) is 18.0 Å². The Kier molecular flexibility index (Phi) is 4.84. The van der Waals surface area contributed by atoms with E-state index < -0.39 is 33.6 Å². The van der Waals surface area contributed by atoms with Crippen molar-refractivity contribution in [2.24, 2.45) is 10.4 Å². The highest BCUT2D eigenvalue weighted by Crippen LogP contribution is 2.57. The number of sulfonamides is 1. The highest BCUT2D eigenvalue weighted by Gasteiger charge is 2.69. The average molecular weight is 457 g/mol. The fraction of sp³-hybridized carbons (Fsp3) is 0.381. The molecule has 2 aliphatic rings. The van der Waals surface area contributed by atoms with Gasteiger partial charge in [0.25, 0.3) is 0 Å². The van der Waals surface area contributed by atoms with E-state index in [1.54, 1.807) is 36.4 Å². The third-order valence-electron chi connectivity index (χ3n) is 5.94. The first-order chi connectivity index (χ1) is 13.9. The lowest BCUT2D eigenvalue weighted by Gasteiger charge is -2.31. The Morgan fingerprint density at radius 1 is 1.07 bits per heavy atom. The van der Waals surface area contributed by atoms with E-state index >= 15 is 0 Å². The number of halogens is 4. The molecule has 160 valence electrons. The van der Waals surface area contributed by atoms with Crippen LogP contribution >= 0.6 is 11.6 Å². The minimum absolute atomic E-state index is 0.0631. The van der Waals surface area contributed by atoms with Crippen LogP contribution in [0.25, 0.3) is 0 Å². The molecule has 0 amide bonds. The van der Waals surface area contributed by atoms with Crippen molar-refractivity contribution in [2.75, 3.05) is 13.1 Å². The van der Waals surface area contributed by atoms with Crippen molar-refractivity contribution in [1.82, 2.24) is 4.31 Å². The quantitative estimate of drug-likeness (QED) is 0.660. The number of alkyl halides is 3. The fourth-order valence-electron chi connectivity index (χ4n) is 4.30. The predicted molar refractivity (Wildman–Crippen MR) is 109 cm³/mol. The van der Waals surface area contributed by atoms with Crippen molar-refractivity contribution in [3.05, 3.63) is 64.7 Å². The minimum atomic E-state index is -4.45. The van der Waals surface area contributed by atoms with Crippen LogP contribution in [-0.4, -0.2) is 43.2 Å². The van der Waals surface area contributed by atoms with E-state index in [1.807, 2.05) is 6.92 Å². The largest absolute Gasteiger partial charge is 0.389 e. The molecule has 0 aliphatic carbocycles. The van der Waals surface area contributed by atoms with Gasteiger partial charge in [-0.3, -0.25) is 4.99 Å². The molecule has 0 aromatic heterocycles. The van der Waals surface area contributed by atoms with Crippen LogP contribution in [0, 0.1) is 12.3 Å². The number of aryl methyl sites for hydroxylation is 1. The zero-order chi connectivity index (χ0) is 21.9. The summed E-state index contributed by atoms with van der Waals surface area (Å²) >= 11 is 5.92. The molecule has 1 saturated heterocycles. The molecule has 0 N–H and O–H groups in total. The van der Waals surface area contributed by atoms with Crippen LogP contribution in [0.1, 0.15) is 24.5 Å². The summed E-state index contributed by atoms with van der Waals surface area (Å²) in [7, 11) is -3.95. The normalized spacial score (nSPS) is 26.8. The lowest BCUT2D eigenvalue weighted by Crippen LogP contribution is -2.42. The summed E-state index contributed by atoms with van der Waals surface area (Å²) < 4.78 is 67.9. The SMILES string of the molecule is Cc1ccc(S(=O)(=O)N2C[C@@](C)(CC(F)(F)F)[C@]3(C2)N=C3c2ccc(Cl)cc2)cc1. The van der Waals surface area contributed by atoms with Gasteiger partial charge >= 0.3 is 6.18 Å². The molecule has 9 heteroatoms. The standard InChI is InChI=1S/C21H20ClF3N2O2S/c1-14-3-9-17(10-4-14)30(28,29)27-12-19(2,11-21(23,24)25)20(13-27)18(26-20)15-5-7-16(22)8-6-15/h3-10H,11-13H2,1-2H3/t19-,20-/m1/s1. The van der Waals surface area contributed by atoms with Crippen molar-refractivity contribution >= 4 is 27.3 Å². The Labute approximate surface area is 178 Å². The Morgan fingerprint density at radius 2 is 1.67 bits per heavy atom. The maximum atomic E-state index is 13.5. The first kappa shape index (κ1) is 21.3. The average Bonchev–Trinajstić information content (AvgIpc) is 3.29. The number of hydrogen-bond donors (Lipinski definition) is 0. The van der Waals surface area contributed by atoms with Crippen molar-refractivity contribution < 1.29 is 21.6 Å². The van der Waals surface area contributed by atoms with Gasteiger partial charge in [-0.05, 0) is 36.8 Å². The van der Waals surface area contributed by atoms with E-state index in [2.05, 4.69) is 4.99 Å². The van der Waals surface area contributed by atoms with Gasteiger partial charge in [-0.1, -0.05) is 48.4 Å². The van der Waals surface area contributed by atoms with E-state index in [9.17, 15) is 21.6 Å². The molecule has 0 bridgehead atoms. The number of aliphatic imine (C=N–C) groups is 1. The first-order valence-corrected chi connectivity index (χ1v) is 11.2. The van der Waals surface area contributed by atoms with Gasteiger partial charge in [0.05, 0.1) is 17.0 Å². The van der Waals surface area contributed by atoms with E-state index in [0.717, 1.165) is 9.87 Å². The first-order valence-electron chi connectivity index (χ1n) is 9.36. The second-order valence-corrected chi connectivity index (χ2v) is 10.6. The van der Waals surface area contributed by atoms with Crippen molar-refractivity contribution in [3.63, 3.8) is 0 Å². The number of hydrogen-bond acceptors (Lipinski definition) is 3. The summed E-state index contributed by atoms with van der Waals surface area (Å²) in [4.78, 5) is 4.53. The van der Waals surface area contributed by atoms with Crippen molar-refractivity contribution in [1.29, 1.82) is 0 Å². The Morgan fingerprint density at radius 3 is 2.23 bits per heavy atom. The monoisotopic (exact) mass is 456 g/mol. The Hall–Kier alpha value is -1.90. The van der Waals surface area contributed by atoms with Gasteiger partial charge in [-0.25, -0.2) is 8.42 Å². The molecule has 0 saturated carbocycles. The van der Waals surface area contributed by atoms with Gasteiger partial charge in [-0.15, -0.1) is 0 Å². The van der Waals surface area contributed by atoms with E-state index in [0.29, 0.717) is 16.3 Å². The molecule has 4 nitrogen and oxygen atoms in total. The highest BCUT2D eigenvalue weighted by molar-refractivity contribution is 7.89. The molecule has 30 heavy (non-hydrogen) atoms. The molecular weight excluding hydrogens is 437 g/mol. The van der Waals surface area contributed by atoms with E-state index in [1.165, 1.54) is 19.1 Å². The van der Waals surface area contributed by atoms with Gasteiger partial charge in [0.15, 0.2) is 0 Å². The Bertz CT molecular complexity index is 1110. The van der Waals surface area contributed by atoms with Crippen molar-refractivity contribution in [2.45, 2.75) is 36.9 Å². The number of rotatable bonds is 4. The number of nitrogens with zero attached hydrogens (tertiary/aromatic N) is 2. The molecule has 1 fully saturated rings. The smallest absolute Gasteiger partial charge is 0.271 e. The molecule has 2 heterocycles. The molecule has 0 radical (unpaired) electrons. The molecule has 2 aromatic rings. The molecule has 4 rings (SSSR count). The second-order valence-electron chi connectivity index (χ2n) is 8.27. The lowest BCUT2D eigenvalue weighted by atomic mass is 9.72. The summed E-state index contributed by atoms with van der Waals surface area (Å²) in [5.74, 6) is 0. The summed E-state index contributed by atoms with van der Waals surface area (Å²) in [6, 6.07) is 13.0. The number of benzene rings is 2. The van der Waals surface area contributed by atoms with Gasteiger partial charge < -0.3 is 0 Å². The maximum absolute atomic E-state index is 13.5. The van der Waals surface area contributed by atoms with Gasteiger partial charge in [0.2, 0.25) is 10.0 Å². The van der Waals surface area contributed by atoms with Crippen LogP contribution < -0.4 is 0 Å². The molecular formula is C21H20ClF3N2O2S. The summed E-state index contributed by atoms with van der Waals surface area (Å²) in [6.45, 7) is 2.92. The third kappa shape index (κ3) is 3.55. The zero-order valence-electron chi connectivity index (χ0n) is 16.4. The maximum Gasteiger partial charge on any atom is 0.389 e. The van der Waals surface area contributed by atoms with Crippen molar-refractivity contribution in [3.8, 4) is 0 Å². The molecule has 0 unspecified atom stereocenters. The lowest BCUT2D eigenvalue weighted by molar-refractivity contribution is -0.156. The van der Waals surface area contributed by atoms with Crippen LogP contribution in [-0.2, 0) is 10.0 Å². The van der Waals surface area contributed by atoms with Gasteiger partial charge in [0, 0.05) is 23.5 Å². The van der Waals surface area contributed by atoms with Gasteiger partial charge in [-0.2, -0.15) is 17.5 Å². The Balaban J connectivity index is 1.71. The summed E-state index contributed by atoms with van der Waals surface area (Å²) in [5.41, 5.74) is -0.564. The van der Waals surface area contributed by atoms with Crippen LogP contribution in [0.15, 0.2) is 58.4 Å². The highest BCUT2D eigenvalue weighted by atomic mass is 35.5. The minimum Gasteiger partial charge on any atom is -0.271 e. The van der Waals surface area contributed by atoms with Crippen LogP contribution in [0.5, 0.6) is 0 Å². The molecule has 2 aromatic carbocycles. The molecule has 2 atom stereocenters. The summed E-state index contributed by atoms with van der Waals surface area (Å²) in [6.07, 6.45) is -5.57. The second kappa shape index (κ2) is 6.80. The van der Waals surface area contributed by atoms with Crippen LogP contribution in [0.2, 0.25) is 5.02 Å². The fourth-order valence-corrected chi connectivity index (χ4v) is 6.02. The van der Waals surface area contributed by atoms with Crippen LogP contribution in [0.4, 0.5) is 13.2 Å². The predicted octanol–water partition coefficient (Wildman–Crippen LogP) is 4.85. The third-order valence-corrected chi connectivity index (χ3v) is 8.00. The zero-order valence-corrected chi connectivity index (χ0v) is 17.9. The molecule has 2 aliphatic heterocycles.